The average molecular weight is 242 g/mol. The molecule has 1 rings (SSSR count). The second-order valence-corrected chi connectivity index (χ2v) is 3.70. The summed E-state index contributed by atoms with van der Waals surface area (Å²) in [4.78, 5) is 13.3. The summed E-state index contributed by atoms with van der Waals surface area (Å²) in [6, 6.07) is -0.818. The topological polar surface area (TPSA) is 105 Å². The van der Waals surface area contributed by atoms with Crippen molar-refractivity contribution in [2.24, 2.45) is 12.8 Å². The van der Waals surface area contributed by atoms with Gasteiger partial charge in [0.25, 0.3) is 0 Å². The zero-order valence-electron chi connectivity index (χ0n) is 9.78. The van der Waals surface area contributed by atoms with Crippen LogP contribution in [0.3, 0.4) is 0 Å². The Morgan fingerprint density at radius 1 is 1.53 bits per heavy atom. The summed E-state index contributed by atoms with van der Waals surface area (Å²) < 4.78 is 1.56. The van der Waals surface area contributed by atoms with Gasteiger partial charge in [-0.15, -0.1) is 0 Å². The molecule has 1 unspecified atom stereocenters. The number of nitrogens with zero attached hydrogens (tertiary/aromatic N) is 3. The van der Waals surface area contributed by atoms with Crippen LogP contribution in [0.1, 0.15) is 11.6 Å². The molecule has 0 aliphatic heterocycles. The highest BCUT2D eigenvalue weighted by Crippen LogP contribution is 2.11. The first-order valence-electron chi connectivity index (χ1n) is 5.34. The van der Waals surface area contributed by atoms with E-state index in [0.717, 1.165) is 0 Å². The van der Waals surface area contributed by atoms with Crippen LogP contribution in [0, 0.1) is 0 Å². The van der Waals surface area contributed by atoms with Crippen LogP contribution in [0.2, 0.25) is 0 Å². The highest BCUT2D eigenvalue weighted by atomic mass is 16.3. The molecule has 0 saturated carbocycles. The van der Waals surface area contributed by atoms with Gasteiger partial charge in [0.15, 0.2) is 0 Å². The average Bonchev–Trinajstić information content (AvgIpc) is 2.73. The minimum atomic E-state index is -0.818. The van der Waals surface area contributed by atoms with Gasteiger partial charge in [0.1, 0.15) is 6.04 Å². The smallest absolute Gasteiger partial charge is 0.244 e. The first kappa shape index (κ1) is 13.6. The van der Waals surface area contributed by atoms with Crippen LogP contribution in [0.25, 0.3) is 0 Å². The Labute approximate surface area is 99.4 Å². The van der Waals surface area contributed by atoms with Crippen LogP contribution in [0.15, 0.2) is 12.4 Å². The lowest BCUT2D eigenvalue weighted by Crippen LogP contribution is -2.41. The molecule has 1 heterocycles. The summed E-state index contributed by atoms with van der Waals surface area (Å²) in [7, 11) is 1.74. The lowest BCUT2D eigenvalue weighted by molar-refractivity contribution is -0.133. The molecule has 0 fully saturated rings. The molecule has 7 heteroatoms. The van der Waals surface area contributed by atoms with E-state index in [-0.39, 0.29) is 32.2 Å². The molecule has 4 N–H and O–H groups in total. The van der Waals surface area contributed by atoms with Crippen molar-refractivity contribution >= 4 is 5.91 Å². The number of aliphatic hydroxyl groups is 2. The number of aromatic nitrogens is 2. The lowest BCUT2D eigenvalue weighted by Gasteiger charge is -2.23. The highest BCUT2D eigenvalue weighted by molar-refractivity contribution is 5.82. The summed E-state index contributed by atoms with van der Waals surface area (Å²) >= 11 is 0. The second-order valence-electron chi connectivity index (χ2n) is 3.70. The molecule has 17 heavy (non-hydrogen) atoms. The minimum absolute atomic E-state index is 0.160. The Kier molecular flexibility index (Phi) is 5.08. The fourth-order valence-corrected chi connectivity index (χ4v) is 1.51. The van der Waals surface area contributed by atoms with Crippen LogP contribution >= 0.6 is 0 Å². The number of hydrogen-bond acceptors (Lipinski definition) is 5. The van der Waals surface area contributed by atoms with Crippen molar-refractivity contribution in [2.45, 2.75) is 6.04 Å². The van der Waals surface area contributed by atoms with E-state index in [2.05, 4.69) is 5.10 Å². The van der Waals surface area contributed by atoms with Crippen molar-refractivity contribution in [3.05, 3.63) is 18.0 Å². The molecule has 0 bridgehead atoms. The van der Waals surface area contributed by atoms with Gasteiger partial charge in [-0.25, -0.2) is 0 Å². The number of nitrogens with two attached hydrogens (primary N) is 1. The van der Waals surface area contributed by atoms with Crippen LogP contribution < -0.4 is 5.73 Å². The van der Waals surface area contributed by atoms with E-state index >= 15 is 0 Å². The second kappa shape index (κ2) is 6.33. The molecule has 0 aliphatic carbocycles. The summed E-state index contributed by atoms with van der Waals surface area (Å²) in [6.07, 6.45) is 3.19. The van der Waals surface area contributed by atoms with Crippen molar-refractivity contribution in [1.82, 2.24) is 14.7 Å². The fourth-order valence-electron chi connectivity index (χ4n) is 1.51. The standard InChI is InChI=1S/C10H18N4O3/c1-13-7-8(6-12-13)9(11)10(17)14(2-4-15)3-5-16/h6-7,9,15-16H,2-5,11H2,1H3. The number of carbonyl (C=O) groups excluding carboxylic acids is 1. The van der Waals surface area contributed by atoms with Crippen LogP contribution in [0.4, 0.5) is 0 Å². The molecular formula is C10H18N4O3. The van der Waals surface area contributed by atoms with Gasteiger partial charge >= 0.3 is 0 Å². The maximum Gasteiger partial charge on any atom is 0.244 e. The number of rotatable bonds is 6. The molecular weight excluding hydrogens is 224 g/mol. The van der Waals surface area contributed by atoms with Crippen LogP contribution in [-0.2, 0) is 11.8 Å². The summed E-state index contributed by atoms with van der Waals surface area (Å²) in [5.41, 5.74) is 6.42. The quantitative estimate of drug-likeness (QED) is 0.548. The zero-order chi connectivity index (χ0) is 12.8. The molecule has 0 radical (unpaired) electrons. The number of amides is 1. The number of carbonyl (C=O) groups is 1. The molecule has 0 spiro atoms. The molecule has 7 nitrogen and oxygen atoms in total. The maximum atomic E-state index is 12.0. The first-order chi connectivity index (χ1) is 8.10. The third-order valence-corrected chi connectivity index (χ3v) is 2.40. The molecule has 1 aromatic heterocycles. The van der Waals surface area contributed by atoms with Gasteiger partial charge in [-0.05, 0) is 0 Å². The molecule has 1 atom stereocenters. The number of aryl methyl sites for hydroxylation is 1. The lowest BCUT2D eigenvalue weighted by atomic mass is 10.1. The Morgan fingerprint density at radius 2 is 2.12 bits per heavy atom. The summed E-state index contributed by atoms with van der Waals surface area (Å²) in [5.74, 6) is -0.332. The van der Waals surface area contributed by atoms with Gasteiger partial charge in [-0.1, -0.05) is 0 Å². The molecule has 96 valence electrons. The van der Waals surface area contributed by atoms with Gasteiger partial charge in [0.05, 0.1) is 19.4 Å². The summed E-state index contributed by atoms with van der Waals surface area (Å²) in [6.45, 7) is -0.00227. The van der Waals surface area contributed by atoms with Gasteiger partial charge in [-0.3, -0.25) is 9.48 Å². The summed E-state index contributed by atoms with van der Waals surface area (Å²) in [5, 5.41) is 21.6. The third kappa shape index (κ3) is 3.52. The monoisotopic (exact) mass is 242 g/mol. The van der Waals surface area contributed by atoms with Crippen molar-refractivity contribution in [2.75, 3.05) is 26.3 Å². The Bertz CT molecular complexity index is 360. The molecule has 0 aliphatic rings. The van der Waals surface area contributed by atoms with E-state index in [1.54, 1.807) is 17.9 Å². The van der Waals surface area contributed by atoms with E-state index in [4.69, 9.17) is 15.9 Å². The molecule has 1 amide bonds. The fraction of sp³-hybridized carbons (Fsp3) is 0.600. The van der Waals surface area contributed by atoms with Gasteiger partial charge < -0.3 is 20.8 Å². The van der Waals surface area contributed by atoms with Gasteiger partial charge in [0.2, 0.25) is 5.91 Å². The van der Waals surface area contributed by atoms with E-state index in [1.165, 1.54) is 11.1 Å². The van der Waals surface area contributed by atoms with Crippen LogP contribution in [0.5, 0.6) is 0 Å². The van der Waals surface area contributed by atoms with Crippen LogP contribution in [-0.4, -0.2) is 57.1 Å². The Morgan fingerprint density at radius 3 is 2.53 bits per heavy atom. The number of hydrogen-bond donors (Lipinski definition) is 3. The van der Waals surface area contributed by atoms with E-state index in [0.29, 0.717) is 5.56 Å². The zero-order valence-corrected chi connectivity index (χ0v) is 9.78. The van der Waals surface area contributed by atoms with Crippen molar-refractivity contribution in [3.8, 4) is 0 Å². The first-order valence-corrected chi connectivity index (χ1v) is 5.34. The third-order valence-electron chi connectivity index (χ3n) is 2.40. The maximum absolute atomic E-state index is 12.0. The molecule has 0 aromatic carbocycles. The Balaban J connectivity index is 2.72. The molecule has 1 aromatic rings. The van der Waals surface area contributed by atoms with E-state index in [1.807, 2.05) is 0 Å². The predicted octanol–water partition coefficient (Wildman–Crippen LogP) is -1.77. The molecule has 0 saturated heterocycles. The van der Waals surface area contributed by atoms with Crippen molar-refractivity contribution in [3.63, 3.8) is 0 Å². The largest absolute Gasteiger partial charge is 0.395 e. The van der Waals surface area contributed by atoms with Gasteiger partial charge in [-0.2, -0.15) is 5.10 Å². The normalized spacial score (nSPS) is 12.5. The SMILES string of the molecule is Cn1cc(C(N)C(=O)N(CCO)CCO)cn1. The number of aliphatic hydroxyl groups excluding tert-OH is 2. The van der Waals surface area contributed by atoms with E-state index in [9.17, 15) is 4.79 Å². The minimum Gasteiger partial charge on any atom is -0.395 e. The Hall–Kier alpha value is -1.44. The highest BCUT2D eigenvalue weighted by Gasteiger charge is 2.22. The van der Waals surface area contributed by atoms with Crippen molar-refractivity contribution < 1.29 is 15.0 Å². The van der Waals surface area contributed by atoms with Crippen molar-refractivity contribution in [1.29, 1.82) is 0 Å². The predicted molar refractivity (Wildman–Crippen MR) is 60.9 cm³/mol. The van der Waals surface area contributed by atoms with Gasteiger partial charge in [0, 0.05) is 31.9 Å². The van der Waals surface area contributed by atoms with E-state index < -0.39 is 6.04 Å².